The second-order valence-electron chi connectivity index (χ2n) is 9.08. The van der Waals surface area contributed by atoms with Crippen LogP contribution in [0.15, 0.2) is 84.9 Å². The van der Waals surface area contributed by atoms with Crippen molar-refractivity contribution in [1.82, 2.24) is 10.2 Å². The Morgan fingerprint density at radius 1 is 0.848 bits per heavy atom. The van der Waals surface area contributed by atoms with E-state index in [0.29, 0.717) is 0 Å². The number of nitrogens with zero attached hydrogens (tertiary/aromatic N) is 3. The number of hydrogen-bond acceptors (Lipinski definition) is 4. The van der Waals surface area contributed by atoms with Crippen LogP contribution in [0.4, 0.5) is 11.4 Å². The lowest BCUT2D eigenvalue weighted by Gasteiger charge is -2.45. The lowest BCUT2D eigenvalue weighted by molar-refractivity contribution is 0.0922. The Morgan fingerprint density at radius 3 is 2.21 bits per heavy atom. The van der Waals surface area contributed by atoms with Crippen molar-refractivity contribution < 1.29 is 4.79 Å². The molecule has 0 aliphatic carbocycles. The first-order chi connectivity index (χ1) is 16.2. The van der Waals surface area contributed by atoms with Crippen LogP contribution in [0.3, 0.4) is 0 Å². The molecule has 0 spiro atoms. The van der Waals surface area contributed by atoms with Crippen molar-refractivity contribution in [3.8, 4) is 0 Å². The number of para-hydroxylation sites is 2. The predicted molar refractivity (Wildman–Crippen MR) is 135 cm³/mol. The topological polar surface area (TPSA) is 38.8 Å². The van der Waals surface area contributed by atoms with Crippen molar-refractivity contribution in [1.29, 1.82) is 0 Å². The SMILES string of the molecule is CC(CN1CCN(c2ccccc2)CC1)N1c2ccccc2C(=O)NC1Cc1ccccc1. The molecular weight excluding hydrogens is 408 g/mol. The highest BCUT2D eigenvalue weighted by atomic mass is 16.2. The van der Waals surface area contributed by atoms with Crippen LogP contribution in [0.2, 0.25) is 0 Å². The first kappa shape index (κ1) is 21.5. The molecular formula is C28H32N4O. The van der Waals surface area contributed by atoms with Gasteiger partial charge in [0.05, 0.1) is 11.3 Å². The van der Waals surface area contributed by atoms with Gasteiger partial charge in [0.1, 0.15) is 6.17 Å². The molecule has 1 amide bonds. The molecule has 2 aliphatic rings. The normalized spacial score (nSPS) is 19.7. The van der Waals surface area contributed by atoms with Crippen LogP contribution in [0.5, 0.6) is 0 Å². The van der Waals surface area contributed by atoms with E-state index in [4.69, 9.17) is 0 Å². The van der Waals surface area contributed by atoms with Crippen LogP contribution < -0.4 is 15.1 Å². The number of hydrogen-bond donors (Lipinski definition) is 1. The molecule has 2 unspecified atom stereocenters. The molecule has 1 saturated heterocycles. The molecule has 5 nitrogen and oxygen atoms in total. The van der Waals surface area contributed by atoms with Crippen molar-refractivity contribution in [2.24, 2.45) is 0 Å². The van der Waals surface area contributed by atoms with Gasteiger partial charge in [0.2, 0.25) is 0 Å². The van der Waals surface area contributed by atoms with Gasteiger partial charge in [-0.15, -0.1) is 0 Å². The van der Waals surface area contributed by atoms with Crippen LogP contribution >= 0.6 is 0 Å². The number of amides is 1. The van der Waals surface area contributed by atoms with Crippen LogP contribution in [-0.2, 0) is 6.42 Å². The highest BCUT2D eigenvalue weighted by Crippen LogP contribution is 2.30. The Balaban J connectivity index is 1.31. The minimum Gasteiger partial charge on any atom is -0.369 e. The maximum absolute atomic E-state index is 12.9. The van der Waals surface area contributed by atoms with Gasteiger partial charge in [-0.2, -0.15) is 0 Å². The Kier molecular flexibility index (Phi) is 6.31. The quantitative estimate of drug-likeness (QED) is 0.629. The van der Waals surface area contributed by atoms with E-state index in [1.54, 1.807) is 0 Å². The first-order valence-electron chi connectivity index (χ1n) is 11.9. The minimum absolute atomic E-state index is 0.0199. The maximum Gasteiger partial charge on any atom is 0.254 e. The summed E-state index contributed by atoms with van der Waals surface area (Å²) in [6.07, 6.45) is 0.725. The Hall–Kier alpha value is -3.31. The molecule has 3 aromatic carbocycles. The van der Waals surface area contributed by atoms with Gasteiger partial charge >= 0.3 is 0 Å². The second-order valence-corrected chi connectivity index (χ2v) is 9.08. The van der Waals surface area contributed by atoms with Gasteiger partial charge in [0.25, 0.3) is 5.91 Å². The Morgan fingerprint density at radius 2 is 1.48 bits per heavy atom. The van der Waals surface area contributed by atoms with E-state index in [-0.39, 0.29) is 18.1 Å². The fourth-order valence-electron chi connectivity index (χ4n) is 5.18. The van der Waals surface area contributed by atoms with Gasteiger partial charge < -0.3 is 15.1 Å². The number of benzene rings is 3. The third-order valence-corrected chi connectivity index (χ3v) is 6.82. The van der Waals surface area contributed by atoms with Crippen molar-refractivity contribution in [2.45, 2.75) is 25.6 Å². The number of fused-ring (bicyclic) bond motifs is 1. The fraction of sp³-hybridized carbons (Fsp3) is 0.321. The van der Waals surface area contributed by atoms with E-state index in [1.807, 2.05) is 24.3 Å². The summed E-state index contributed by atoms with van der Waals surface area (Å²) in [6.45, 7) is 7.43. The van der Waals surface area contributed by atoms with Gasteiger partial charge in [0.15, 0.2) is 0 Å². The van der Waals surface area contributed by atoms with Crippen molar-refractivity contribution in [3.63, 3.8) is 0 Å². The van der Waals surface area contributed by atoms with Crippen LogP contribution in [0, 0.1) is 0 Å². The first-order valence-corrected chi connectivity index (χ1v) is 11.9. The molecule has 0 saturated carbocycles. The minimum atomic E-state index is -0.0598. The van der Waals surface area contributed by atoms with E-state index in [9.17, 15) is 4.79 Å². The third-order valence-electron chi connectivity index (χ3n) is 6.82. The molecule has 1 N–H and O–H groups in total. The number of piperazine rings is 1. The van der Waals surface area contributed by atoms with Gasteiger partial charge in [-0.3, -0.25) is 9.69 Å². The molecule has 5 rings (SSSR count). The predicted octanol–water partition coefficient (Wildman–Crippen LogP) is 4.02. The average Bonchev–Trinajstić information content (AvgIpc) is 2.86. The van der Waals surface area contributed by atoms with Crippen LogP contribution in [0.25, 0.3) is 0 Å². The number of carbonyl (C=O) groups excluding carboxylic acids is 1. The van der Waals surface area contributed by atoms with Crippen molar-refractivity contribution >= 4 is 17.3 Å². The molecule has 2 aliphatic heterocycles. The van der Waals surface area contributed by atoms with E-state index in [2.05, 4.69) is 87.6 Å². The average molecular weight is 441 g/mol. The van der Waals surface area contributed by atoms with Crippen LogP contribution in [-0.4, -0.2) is 55.7 Å². The van der Waals surface area contributed by atoms with Gasteiger partial charge in [-0.05, 0) is 36.8 Å². The molecule has 0 bridgehead atoms. The lowest BCUT2D eigenvalue weighted by atomic mass is 10.0. The van der Waals surface area contributed by atoms with E-state index in [0.717, 1.165) is 50.4 Å². The van der Waals surface area contributed by atoms with Gasteiger partial charge in [-0.1, -0.05) is 60.7 Å². The van der Waals surface area contributed by atoms with E-state index in [1.165, 1.54) is 11.3 Å². The van der Waals surface area contributed by atoms with Gasteiger partial charge in [-0.25, -0.2) is 0 Å². The number of carbonyl (C=O) groups is 1. The molecule has 5 heteroatoms. The molecule has 2 heterocycles. The molecule has 170 valence electrons. The zero-order valence-corrected chi connectivity index (χ0v) is 19.2. The number of rotatable bonds is 6. The summed E-state index contributed by atoms with van der Waals surface area (Å²) in [6, 6.07) is 29.4. The Bertz CT molecular complexity index is 1060. The highest BCUT2D eigenvalue weighted by Gasteiger charge is 2.34. The summed E-state index contributed by atoms with van der Waals surface area (Å²) >= 11 is 0. The van der Waals surface area contributed by atoms with Crippen LogP contribution in [0.1, 0.15) is 22.8 Å². The number of anilines is 2. The van der Waals surface area contributed by atoms with Crippen molar-refractivity contribution in [2.75, 3.05) is 42.5 Å². The largest absolute Gasteiger partial charge is 0.369 e. The summed E-state index contributed by atoms with van der Waals surface area (Å²) < 4.78 is 0. The smallest absolute Gasteiger partial charge is 0.254 e. The summed E-state index contributed by atoms with van der Waals surface area (Å²) in [5.41, 5.74) is 4.34. The van der Waals surface area contributed by atoms with E-state index >= 15 is 0 Å². The summed E-state index contributed by atoms with van der Waals surface area (Å²) in [4.78, 5) is 20.3. The second kappa shape index (κ2) is 9.67. The lowest BCUT2D eigenvalue weighted by Crippen LogP contribution is -2.60. The monoisotopic (exact) mass is 440 g/mol. The molecule has 0 radical (unpaired) electrons. The standard InChI is InChI=1S/C28H32N4O/c1-22(21-30-16-18-31(19-17-30)24-12-6-3-7-13-24)32-26-15-9-8-14-25(26)28(33)29-27(32)20-23-10-4-2-5-11-23/h2-15,22,27H,16-21H2,1H3,(H,29,33). The van der Waals surface area contributed by atoms with Crippen molar-refractivity contribution in [3.05, 3.63) is 96.1 Å². The summed E-state index contributed by atoms with van der Waals surface area (Å²) in [7, 11) is 0. The summed E-state index contributed by atoms with van der Waals surface area (Å²) in [5, 5.41) is 3.28. The molecule has 33 heavy (non-hydrogen) atoms. The zero-order valence-electron chi connectivity index (χ0n) is 19.2. The highest BCUT2D eigenvalue weighted by molar-refractivity contribution is 6.02. The fourth-order valence-corrected chi connectivity index (χ4v) is 5.18. The molecule has 1 fully saturated rings. The maximum atomic E-state index is 12.9. The summed E-state index contributed by atoms with van der Waals surface area (Å²) in [5.74, 6) is 0.0199. The Labute approximate surface area is 196 Å². The van der Waals surface area contributed by atoms with Gasteiger partial charge in [0, 0.05) is 50.9 Å². The van der Waals surface area contributed by atoms with E-state index < -0.39 is 0 Å². The third kappa shape index (κ3) is 4.74. The number of nitrogens with one attached hydrogen (secondary N) is 1. The molecule has 2 atom stereocenters. The molecule has 3 aromatic rings. The zero-order chi connectivity index (χ0) is 22.6. The molecule has 0 aromatic heterocycles.